The number of Topliss-reactive ketones (excluding diaryl/α,β-unsaturated/α-hetero) is 1. The number of carbonyl (C=O) groups excluding carboxylic acids is 3. The van der Waals surface area contributed by atoms with Crippen LogP contribution in [0.25, 0.3) is 11.1 Å². The lowest BCUT2D eigenvalue weighted by Crippen LogP contribution is -2.44. The third-order valence-electron chi connectivity index (χ3n) is 5.32. The van der Waals surface area contributed by atoms with Gasteiger partial charge in [0.25, 0.3) is 5.91 Å². The summed E-state index contributed by atoms with van der Waals surface area (Å²) < 4.78 is 19.2. The average Bonchev–Trinajstić information content (AvgIpc) is 3.32. The van der Waals surface area contributed by atoms with Crippen molar-refractivity contribution in [1.82, 2.24) is 15.5 Å². The molecule has 4 N–H and O–H groups in total. The molecule has 0 aliphatic rings. The number of ketones is 1. The molecule has 0 radical (unpaired) electrons. The zero-order valence-electron chi connectivity index (χ0n) is 19.3. The van der Waals surface area contributed by atoms with Gasteiger partial charge in [-0.2, -0.15) is 5.10 Å². The zero-order chi connectivity index (χ0) is 25.5. The summed E-state index contributed by atoms with van der Waals surface area (Å²) in [4.78, 5) is 36.3. The summed E-state index contributed by atoms with van der Waals surface area (Å²) in [5, 5.41) is 9.62. The first-order valence-electron chi connectivity index (χ1n) is 11.0. The van der Waals surface area contributed by atoms with Gasteiger partial charge in [0.1, 0.15) is 23.2 Å². The summed E-state index contributed by atoms with van der Waals surface area (Å²) in [6.07, 6.45) is 0.452. The molecule has 8 nitrogen and oxygen atoms in total. The van der Waals surface area contributed by atoms with Crippen molar-refractivity contribution in [3.63, 3.8) is 0 Å². The van der Waals surface area contributed by atoms with E-state index < -0.39 is 29.8 Å². The van der Waals surface area contributed by atoms with Crippen molar-refractivity contribution in [2.75, 3.05) is 6.61 Å². The normalized spacial score (nSPS) is 12.6. The quantitative estimate of drug-likeness (QED) is 0.288. The van der Waals surface area contributed by atoms with E-state index in [9.17, 15) is 18.8 Å². The maximum absolute atomic E-state index is 14.2. The van der Waals surface area contributed by atoms with Crippen molar-refractivity contribution < 1.29 is 23.5 Å². The second-order valence-electron chi connectivity index (χ2n) is 8.01. The first-order chi connectivity index (χ1) is 16.7. The molecule has 0 saturated heterocycles. The highest BCUT2D eigenvalue weighted by molar-refractivity contribution is 6.30. The first kappa shape index (κ1) is 26.1. The first-order valence-corrected chi connectivity index (χ1v) is 11.4. The Labute approximate surface area is 207 Å². The number of halogens is 2. The lowest BCUT2D eigenvalue weighted by Gasteiger charge is -2.21. The minimum atomic E-state index is -0.949. The molecule has 0 aliphatic heterocycles. The van der Waals surface area contributed by atoms with E-state index in [-0.39, 0.29) is 30.2 Å². The molecule has 184 valence electrons. The van der Waals surface area contributed by atoms with Gasteiger partial charge >= 0.3 is 5.97 Å². The van der Waals surface area contributed by atoms with Crippen LogP contribution in [0.3, 0.4) is 0 Å². The maximum Gasteiger partial charge on any atom is 0.322 e. The van der Waals surface area contributed by atoms with E-state index in [0.717, 1.165) is 5.56 Å². The highest BCUT2D eigenvalue weighted by atomic mass is 35.5. The molecule has 1 amide bonds. The van der Waals surface area contributed by atoms with Crippen molar-refractivity contribution in [3.8, 4) is 11.1 Å². The third kappa shape index (κ3) is 6.97. The van der Waals surface area contributed by atoms with Crippen LogP contribution in [0, 0.1) is 5.82 Å². The van der Waals surface area contributed by atoms with Crippen LogP contribution in [-0.4, -0.2) is 46.5 Å². The Hall–Kier alpha value is -3.56. The van der Waals surface area contributed by atoms with Crippen molar-refractivity contribution in [3.05, 3.63) is 76.3 Å². The number of hydrogen-bond donors (Lipinski definition) is 3. The average molecular weight is 501 g/mol. The number of aromatic nitrogens is 2. The number of benzene rings is 2. The van der Waals surface area contributed by atoms with Crippen LogP contribution < -0.4 is 11.1 Å². The molecule has 0 aliphatic carbocycles. The van der Waals surface area contributed by atoms with Gasteiger partial charge in [-0.05, 0) is 55.2 Å². The molecule has 3 rings (SSSR count). The van der Waals surface area contributed by atoms with Gasteiger partial charge in [0.15, 0.2) is 5.78 Å². The molecule has 0 spiro atoms. The zero-order valence-corrected chi connectivity index (χ0v) is 20.1. The predicted octanol–water partition coefficient (Wildman–Crippen LogP) is 3.69. The predicted molar refractivity (Wildman–Crippen MR) is 130 cm³/mol. The summed E-state index contributed by atoms with van der Waals surface area (Å²) in [5.74, 6) is -1.74. The van der Waals surface area contributed by atoms with Gasteiger partial charge in [-0.3, -0.25) is 19.5 Å². The van der Waals surface area contributed by atoms with Crippen LogP contribution in [0.1, 0.15) is 46.8 Å². The molecule has 0 bridgehead atoms. The Morgan fingerprint density at radius 2 is 1.89 bits per heavy atom. The fraction of sp³-hybridized carbons (Fsp3) is 0.280. The van der Waals surface area contributed by atoms with Gasteiger partial charge in [0, 0.05) is 23.6 Å². The largest absolute Gasteiger partial charge is 0.465 e. The Morgan fingerprint density at radius 3 is 2.51 bits per heavy atom. The third-order valence-corrected chi connectivity index (χ3v) is 5.56. The number of H-pyrrole nitrogens is 1. The lowest BCUT2D eigenvalue weighted by molar-refractivity contribution is -0.145. The van der Waals surface area contributed by atoms with E-state index >= 15 is 0 Å². The van der Waals surface area contributed by atoms with E-state index in [4.69, 9.17) is 22.1 Å². The number of amides is 1. The van der Waals surface area contributed by atoms with Gasteiger partial charge < -0.3 is 15.8 Å². The second-order valence-corrected chi connectivity index (χ2v) is 8.45. The molecule has 2 unspecified atom stereocenters. The van der Waals surface area contributed by atoms with Gasteiger partial charge in [0.05, 0.1) is 6.61 Å². The van der Waals surface area contributed by atoms with Crippen LogP contribution in [0.2, 0.25) is 5.02 Å². The molecule has 0 fully saturated rings. The second kappa shape index (κ2) is 11.7. The van der Waals surface area contributed by atoms with Crippen LogP contribution in [0.5, 0.6) is 0 Å². The van der Waals surface area contributed by atoms with Gasteiger partial charge in [0.2, 0.25) is 0 Å². The van der Waals surface area contributed by atoms with Crippen LogP contribution in [-0.2, 0) is 16.0 Å². The van der Waals surface area contributed by atoms with Crippen molar-refractivity contribution in [2.45, 2.75) is 38.8 Å². The number of esters is 1. The SMILES string of the molecule is CCOC(=O)C(N)CC(Cc1ccc(-c2cc(Cl)ccc2F)cc1)NC(=O)c1cc(C(C)=O)n[nH]1. The van der Waals surface area contributed by atoms with Crippen molar-refractivity contribution in [1.29, 1.82) is 0 Å². The minimum Gasteiger partial charge on any atom is -0.465 e. The molecule has 1 aromatic heterocycles. The molecular formula is C25H26ClFN4O4. The highest BCUT2D eigenvalue weighted by Crippen LogP contribution is 2.26. The van der Waals surface area contributed by atoms with Crippen LogP contribution >= 0.6 is 11.6 Å². The lowest BCUT2D eigenvalue weighted by atomic mass is 9.97. The molecule has 2 atom stereocenters. The van der Waals surface area contributed by atoms with Crippen LogP contribution in [0.15, 0.2) is 48.5 Å². The number of carbonyl (C=O) groups is 3. The van der Waals surface area contributed by atoms with Crippen LogP contribution in [0.4, 0.5) is 4.39 Å². The van der Waals surface area contributed by atoms with E-state index in [1.165, 1.54) is 25.1 Å². The summed E-state index contributed by atoms with van der Waals surface area (Å²) in [7, 11) is 0. The molecule has 10 heteroatoms. The molecule has 3 aromatic rings. The molecule has 1 heterocycles. The van der Waals surface area contributed by atoms with E-state index in [1.807, 2.05) is 0 Å². The number of nitrogens with two attached hydrogens (primary N) is 1. The van der Waals surface area contributed by atoms with E-state index in [0.29, 0.717) is 22.6 Å². The number of rotatable bonds is 10. The van der Waals surface area contributed by atoms with Crippen molar-refractivity contribution >= 4 is 29.3 Å². The minimum absolute atomic E-state index is 0.108. The fourth-order valence-electron chi connectivity index (χ4n) is 3.55. The number of ether oxygens (including phenoxy) is 1. The van der Waals surface area contributed by atoms with Gasteiger partial charge in [-0.25, -0.2) is 4.39 Å². The Bertz CT molecular complexity index is 1210. The van der Waals surface area contributed by atoms with E-state index in [2.05, 4.69) is 15.5 Å². The van der Waals surface area contributed by atoms with Gasteiger partial charge in [-0.1, -0.05) is 35.9 Å². The monoisotopic (exact) mass is 500 g/mol. The Morgan fingerprint density at radius 1 is 1.17 bits per heavy atom. The Kier molecular flexibility index (Phi) is 8.73. The number of hydrogen-bond acceptors (Lipinski definition) is 6. The smallest absolute Gasteiger partial charge is 0.322 e. The van der Waals surface area contributed by atoms with E-state index in [1.54, 1.807) is 37.3 Å². The molecule has 0 saturated carbocycles. The standard InChI is InChI=1S/C25H26ClFN4O4/c1-3-35-25(34)21(28)12-18(29-24(33)23-13-22(14(2)32)30-31-23)10-15-4-6-16(7-5-15)19-11-17(26)8-9-20(19)27/h4-9,11,13,18,21H,3,10,12,28H2,1-2H3,(H,29,33)(H,30,31). The van der Waals surface area contributed by atoms with Gasteiger partial charge in [-0.15, -0.1) is 0 Å². The van der Waals surface area contributed by atoms with Crippen molar-refractivity contribution in [2.24, 2.45) is 5.73 Å². The molecule has 2 aromatic carbocycles. The number of nitrogens with zero attached hydrogens (tertiary/aromatic N) is 1. The number of nitrogens with one attached hydrogen (secondary N) is 2. The maximum atomic E-state index is 14.2. The molecule has 35 heavy (non-hydrogen) atoms. The Balaban J connectivity index is 1.78. The summed E-state index contributed by atoms with van der Waals surface area (Å²) >= 11 is 6.00. The topological polar surface area (TPSA) is 127 Å². The summed E-state index contributed by atoms with van der Waals surface area (Å²) in [5.41, 5.74) is 8.09. The fourth-order valence-corrected chi connectivity index (χ4v) is 3.72. The highest BCUT2D eigenvalue weighted by Gasteiger charge is 2.24. The summed E-state index contributed by atoms with van der Waals surface area (Å²) in [6.45, 7) is 3.21. The summed E-state index contributed by atoms with van der Waals surface area (Å²) in [6, 6.07) is 11.3. The number of aromatic amines is 1. The molecular weight excluding hydrogens is 475 g/mol.